The number of aromatic nitrogens is 2. The number of hydrogen-bond donors (Lipinski definition) is 1. The van der Waals surface area contributed by atoms with Gasteiger partial charge in [-0.2, -0.15) is 4.98 Å². The highest BCUT2D eigenvalue weighted by Gasteiger charge is 2.24. The number of amides is 2. The van der Waals surface area contributed by atoms with Crippen LogP contribution < -0.4 is 10.1 Å². The molecular formula is C21H23N5O4S. The highest BCUT2D eigenvalue weighted by Crippen LogP contribution is 2.23. The number of hydrogen-bond acceptors (Lipinski definition) is 8. The van der Waals surface area contributed by atoms with Gasteiger partial charge >= 0.3 is 0 Å². The van der Waals surface area contributed by atoms with E-state index in [1.54, 1.807) is 19.2 Å². The van der Waals surface area contributed by atoms with Gasteiger partial charge in [0.1, 0.15) is 5.75 Å². The molecule has 0 saturated carbocycles. The van der Waals surface area contributed by atoms with Crippen molar-refractivity contribution in [2.75, 3.05) is 38.6 Å². The van der Waals surface area contributed by atoms with Gasteiger partial charge in [0.2, 0.25) is 11.8 Å². The lowest BCUT2D eigenvalue weighted by molar-refractivity contribution is -0.115. The van der Waals surface area contributed by atoms with E-state index in [0.29, 0.717) is 42.8 Å². The Morgan fingerprint density at radius 1 is 1.16 bits per heavy atom. The van der Waals surface area contributed by atoms with Crippen LogP contribution in [0, 0.1) is 0 Å². The lowest BCUT2D eigenvalue weighted by atomic mass is 10.2. The molecule has 1 saturated heterocycles. The molecule has 10 heteroatoms. The zero-order valence-corrected chi connectivity index (χ0v) is 17.9. The van der Waals surface area contributed by atoms with Crippen molar-refractivity contribution in [3.05, 3.63) is 58.4 Å². The average Bonchev–Trinajstić information content (AvgIpc) is 3.47. The van der Waals surface area contributed by atoms with E-state index in [0.717, 1.165) is 18.0 Å². The highest BCUT2D eigenvalue weighted by molar-refractivity contribution is 7.12. The molecule has 31 heavy (non-hydrogen) atoms. The third kappa shape index (κ3) is 5.28. The number of anilines is 1. The van der Waals surface area contributed by atoms with Gasteiger partial charge in [0.15, 0.2) is 5.82 Å². The van der Waals surface area contributed by atoms with Crippen molar-refractivity contribution in [3.63, 3.8) is 0 Å². The van der Waals surface area contributed by atoms with Gasteiger partial charge in [0.25, 0.3) is 5.91 Å². The summed E-state index contributed by atoms with van der Waals surface area (Å²) in [6.07, 6.45) is 0.00461. The predicted molar refractivity (Wildman–Crippen MR) is 115 cm³/mol. The molecule has 1 fully saturated rings. The third-order valence-electron chi connectivity index (χ3n) is 4.96. The number of nitrogens with zero attached hydrogens (tertiary/aromatic N) is 4. The molecule has 9 nitrogen and oxygen atoms in total. The lowest BCUT2D eigenvalue weighted by Gasteiger charge is -2.33. The van der Waals surface area contributed by atoms with Gasteiger partial charge in [-0.1, -0.05) is 23.4 Å². The second-order valence-electron chi connectivity index (χ2n) is 7.08. The topological polar surface area (TPSA) is 101 Å². The van der Waals surface area contributed by atoms with Crippen molar-refractivity contribution < 1.29 is 18.8 Å². The maximum atomic E-state index is 12.4. The molecule has 1 N–H and O–H groups in total. The number of para-hydroxylation sites is 2. The van der Waals surface area contributed by atoms with Crippen LogP contribution in [-0.4, -0.2) is 65.0 Å². The summed E-state index contributed by atoms with van der Waals surface area (Å²) < 4.78 is 10.5. The van der Waals surface area contributed by atoms with Gasteiger partial charge in [0.05, 0.1) is 30.6 Å². The second-order valence-corrected chi connectivity index (χ2v) is 8.02. The van der Waals surface area contributed by atoms with E-state index in [-0.39, 0.29) is 18.2 Å². The minimum Gasteiger partial charge on any atom is -0.495 e. The molecule has 1 aromatic carbocycles. The minimum atomic E-state index is -0.252. The SMILES string of the molecule is COc1ccccc1NC(=O)Cc1noc(CN2CCN(C(=O)c3cccs3)CC2)n1. The van der Waals surface area contributed by atoms with Crippen molar-refractivity contribution in [1.82, 2.24) is 19.9 Å². The Kier molecular flexibility index (Phi) is 6.58. The van der Waals surface area contributed by atoms with E-state index in [1.807, 2.05) is 34.5 Å². The molecule has 3 heterocycles. The van der Waals surface area contributed by atoms with Crippen LogP contribution in [0.3, 0.4) is 0 Å². The van der Waals surface area contributed by atoms with E-state index < -0.39 is 0 Å². The summed E-state index contributed by atoms with van der Waals surface area (Å²) in [5, 5.41) is 8.62. The minimum absolute atomic E-state index is 0.00461. The van der Waals surface area contributed by atoms with E-state index >= 15 is 0 Å². The van der Waals surface area contributed by atoms with Gasteiger partial charge in [-0.05, 0) is 23.6 Å². The van der Waals surface area contributed by atoms with E-state index in [9.17, 15) is 9.59 Å². The van der Waals surface area contributed by atoms with Crippen LogP contribution in [-0.2, 0) is 17.8 Å². The molecule has 162 valence electrons. The Labute approximate surface area is 183 Å². The molecule has 0 spiro atoms. The summed E-state index contributed by atoms with van der Waals surface area (Å²) in [7, 11) is 1.55. The average molecular weight is 442 g/mol. The first kappa shape index (κ1) is 21.0. The highest BCUT2D eigenvalue weighted by atomic mass is 32.1. The molecule has 2 amide bonds. The molecule has 0 radical (unpaired) electrons. The van der Waals surface area contributed by atoms with Crippen molar-refractivity contribution in [2.45, 2.75) is 13.0 Å². The predicted octanol–water partition coefficient (Wildman–Crippen LogP) is 2.28. The maximum absolute atomic E-state index is 12.4. The number of benzene rings is 1. The van der Waals surface area contributed by atoms with Crippen molar-refractivity contribution in [2.24, 2.45) is 0 Å². The van der Waals surface area contributed by atoms with Crippen LogP contribution >= 0.6 is 11.3 Å². The Balaban J connectivity index is 1.26. The van der Waals surface area contributed by atoms with Crippen LogP contribution in [0.5, 0.6) is 5.75 Å². The Hall–Kier alpha value is -3.24. The molecule has 2 aromatic heterocycles. The van der Waals surface area contributed by atoms with Crippen molar-refractivity contribution >= 4 is 28.8 Å². The molecule has 4 rings (SSSR count). The second kappa shape index (κ2) is 9.71. The van der Waals surface area contributed by atoms with Crippen LogP contribution in [0.15, 0.2) is 46.3 Å². The van der Waals surface area contributed by atoms with Crippen LogP contribution in [0.4, 0.5) is 5.69 Å². The first-order valence-electron chi connectivity index (χ1n) is 9.92. The molecule has 1 aliphatic rings. The molecule has 1 aliphatic heterocycles. The maximum Gasteiger partial charge on any atom is 0.264 e. The van der Waals surface area contributed by atoms with Crippen molar-refractivity contribution in [1.29, 1.82) is 0 Å². The summed E-state index contributed by atoms with van der Waals surface area (Å²) in [5.41, 5.74) is 0.591. The summed E-state index contributed by atoms with van der Waals surface area (Å²) >= 11 is 1.46. The third-order valence-corrected chi connectivity index (χ3v) is 5.82. The van der Waals surface area contributed by atoms with E-state index in [4.69, 9.17) is 9.26 Å². The molecule has 0 bridgehead atoms. The number of carbonyl (C=O) groups is 2. The quantitative estimate of drug-likeness (QED) is 0.600. The van der Waals surface area contributed by atoms with E-state index in [1.165, 1.54) is 11.3 Å². The molecule has 3 aromatic rings. The Morgan fingerprint density at radius 3 is 2.71 bits per heavy atom. The van der Waals surface area contributed by atoms with Gasteiger partial charge < -0.3 is 19.5 Å². The number of piperazine rings is 1. The zero-order chi connectivity index (χ0) is 21.6. The van der Waals surface area contributed by atoms with Crippen LogP contribution in [0.2, 0.25) is 0 Å². The van der Waals surface area contributed by atoms with Crippen LogP contribution in [0.1, 0.15) is 21.4 Å². The van der Waals surface area contributed by atoms with Gasteiger partial charge in [-0.25, -0.2) is 0 Å². The van der Waals surface area contributed by atoms with Gasteiger partial charge in [0, 0.05) is 26.2 Å². The fourth-order valence-electron chi connectivity index (χ4n) is 3.37. The Bertz CT molecular complexity index is 1030. The monoisotopic (exact) mass is 441 g/mol. The number of thiophene rings is 1. The first-order chi connectivity index (χ1) is 15.1. The summed E-state index contributed by atoms with van der Waals surface area (Å²) in [6, 6.07) is 10.9. The number of nitrogens with one attached hydrogen (secondary N) is 1. The molecule has 0 aliphatic carbocycles. The smallest absolute Gasteiger partial charge is 0.264 e. The fourth-order valence-corrected chi connectivity index (χ4v) is 4.06. The largest absolute Gasteiger partial charge is 0.495 e. The fraction of sp³-hybridized carbons (Fsp3) is 0.333. The number of ether oxygens (including phenoxy) is 1. The zero-order valence-electron chi connectivity index (χ0n) is 17.1. The summed E-state index contributed by atoms with van der Waals surface area (Å²) in [4.78, 5) is 33.9. The Morgan fingerprint density at radius 2 is 1.97 bits per heavy atom. The van der Waals surface area contributed by atoms with Crippen molar-refractivity contribution in [3.8, 4) is 5.75 Å². The molecule has 0 unspecified atom stereocenters. The lowest BCUT2D eigenvalue weighted by Crippen LogP contribution is -2.48. The number of rotatable bonds is 7. The molecular weight excluding hydrogens is 418 g/mol. The number of carbonyl (C=O) groups excluding carboxylic acids is 2. The number of methoxy groups -OCH3 is 1. The van der Waals surface area contributed by atoms with Crippen LogP contribution in [0.25, 0.3) is 0 Å². The van der Waals surface area contributed by atoms with Gasteiger partial charge in [-0.15, -0.1) is 11.3 Å². The van der Waals surface area contributed by atoms with E-state index in [2.05, 4.69) is 20.4 Å². The summed E-state index contributed by atoms with van der Waals surface area (Å²) in [5.74, 6) is 1.20. The normalized spacial score (nSPS) is 14.4. The molecule has 0 atom stereocenters. The van der Waals surface area contributed by atoms with Gasteiger partial charge in [-0.3, -0.25) is 14.5 Å². The standard InChI is InChI=1S/C21H23N5O4S/c1-29-16-6-3-2-5-15(16)22-19(27)13-18-23-20(30-24-18)14-25-8-10-26(11-9-25)21(28)17-7-4-12-31-17/h2-7,12H,8-11,13-14H2,1H3,(H,22,27). The first-order valence-corrected chi connectivity index (χ1v) is 10.8. The summed E-state index contributed by atoms with van der Waals surface area (Å²) in [6.45, 7) is 3.24.